The Bertz CT molecular complexity index is 902. The van der Waals surface area contributed by atoms with Crippen LogP contribution in [0.5, 0.6) is 0 Å². The molecule has 28 heavy (non-hydrogen) atoms. The van der Waals surface area contributed by atoms with E-state index in [1.54, 1.807) is 0 Å². The van der Waals surface area contributed by atoms with E-state index in [-0.39, 0.29) is 30.2 Å². The highest BCUT2D eigenvalue weighted by molar-refractivity contribution is 6.30. The third-order valence-corrected chi connectivity index (χ3v) is 6.35. The number of carbonyl (C=O) groups excluding carboxylic acids is 1. The van der Waals surface area contributed by atoms with Gasteiger partial charge in [0.1, 0.15) is 0 Å². The predicted molar refractivity (Wildman–Crippen MR) is 111 cm³/mol. The molecule has 0 bridgehead atoms. The minimum Gasteiger partial charge on any atom is -0.334 e. The standard InChI is InChI=1S/C23H22Cl2N2O/c24-19-8-6-16(7-9-19)22-21(17-2-1-3-20(25)12-17)13-18(10-11-26)23(28)27(22)14-15-4-5-15/h1-3,6-9,12,15,18,21-22H,4-5,10,13-14H2. The lowest BCUT2D eigenvalue weighted by molar-refractivity contribution is -0.143. The molecule has 1 aliphatic heterocycles. The molecule has 144 valence electrons. The van der Waals surface area contributed by atoms with Crippen molar-refractivity contribution in [3.8, 4) is 6.07 Å². The van der Waals surface area contributed by atoms with Crippen molar-refractivity contribution in [2.75, 3.05) is 6.54 Å². The Kier molecular flexibility index (Phi) is 5.62. The summed E-state index contributed by atoms with van der Waals surface area (Å²) in [4.78, 5) is 15.3. The third kappa shape index (κ3) is 4.04. The number of hydrogen-bond donors (Lipinski definition) is 0. The lowest BCUT2D eigenvalue weighted by atomic mass is 9.75. The maximum Gasteiger partial charge on any atom is 0.227 e. The van der Waals surface area contributed by atoms with Gasteiger partial charge in [-0.2, -0.15) is 5.26 Å². The number of rotatable bonds is 5. The van der Waals surface area contributed by atoms with E-state index in [0.717, 1.165) is 17.7 Å². The second-order valence-corrected chi connectivity index (χ2v) is 8.76. The molecule has 2 aromatic carbocycles. The van der Waals surface area contributed by atoms with Gasteiger partial charge in [0.2, 0.25) is 5.91 Å². The van der Waals surface area contributed by atoms with Crippen LogP contribution >= 0.6 is 23.2 Å². The fourth-order valence-electron chi connectivity index (χ4n) is 4.32. The van der Waals surface area contributed by atoms with Crippen LogP contribution in [0.4, 0.5) is 0 Å². The smallest absolute Gasteiger partial charge is 0.227 e. The van der Waals surface area contributed by atoms with Gasteiger partial charge in [0.25, 0.3) is 0 Å². The number of piperidine rings is 1. The highest BCUT2D eigenvalue weighted by Crippen LogP contribution is 2.47. The number of nitriles is 1. The molecule has 3 nitrogen and oxygen atoms in total. The summed E-state index contributed by atoms with van der Waals surface area (Å²) < 4.78 is 0. The summed E-state index contributed by atoms with van der Waals surface area (Å²) in [6.45, 7) is 0.755. The van der Waals surface area contributed by atoms with Crippen molar-refractivity contribution in [3.63, 3.8) is 0 Å². The molecule has 0 radical (unpaired) electrons. The van der Waals surface area contributed by atoms with Crippen molar-refractivity contribution < 1.29 is 4.79 Å². The van der Waals surface area contributed by atoms with E-state index in [4.69, 9.17) is 23.2 Å². The number of amides is 1. The lowest BCUT2D eigenvalue weighted by Gasteiger charge is -2.45. The first-order valence-corrected chi connectivity index (χ1v) is 10.5. The molecule has 2 aliphatic rings. The van der Waals surface area contributed by atoms with E-state index in [9.17, 15) is 10.1 Å². The molecular formula is C23H22Cl2N2O. The van der Waals surface area contributed by atoms with Gasteiger partial charge in [-0.3, -0.25) is 4.79 Å². The van der Waals surface area contributed by atoms with E-state index < -0.39 is 0 Å². The maximum absolute atomic E-state index is 13.3. The number of carbonyl (C=O) groups is 1. The quantitative estimate of drug-likeness (QED) is 0.604. The number of halogens is 2. The SMILES string of the molecule is N#CCC1CC(c2cccc(Cl)c2)C(c2ccc(Cl)cc2)N(CC2CC2)C1=O. The van der Waals surface area contributed by atoms with E-state index in [1.165, 1.54) is 12.8 Å². The summed E-state index contributed by atoms with van der Waals surface area (Å²) in [5, 5.41) is 10.6. The minimum absolute atomic E-state index is 0.0706. The van der Waals surface area contributed by atoms with Crippen LogP contribution in [0.1, 0.15) is 48.8 Å². The first-order valence-electron chi connectivity index (χ1n) is 9.75. The molecule has 0 N–H and O–H groups in total. The lowest BCUT2D eigenvalue weighted by Crippen LogP contribution is -2.47. The zero-order valence-corrected chi connectivity index (χ0v) is 17.0. The Labute approximate surface area is 175 Å². The largest absolute Gasteiger partial charge is 0.334 e. The van der Waals surface area contributed by atoms with Gasteiger partial charge in [-0.1, -0.05) is 47.5 Å². The highest BCUT2D eigenvalue weighted by Gasteiger charge is 2.44. The van der Waals surface area contributed by atoms with Gasteiger partial charge in [-0.05, 0) is 60.6 Å². The van der Waals surface area contributed by atoms with Gasteiger partial charge in [-0.25, -0.2) is 0 Å². The molecule has 5 heteroatoms. The molecule has 1 saturated carbocycles. The summed E-state index contributed by atoms with van der Waals surface area (Å²) in [6, 6.07) is 17.8. The van der Waals surface area contributed by atoms with E-state index in [1.807, 2.05) is 47.4 Å². The Morgan fingerprint density at radius 2 is 1.79 bits per heavy atom. The van der Waals surface area contributed by atoms with Gasteiger partial charge >= 0.3 is 0 Å². The predicted octanol–water partition coefficient (Wildman–Crippen LogP) is 5.99. The van der Waals surface area contributed by atoms with Crippen LogP contribution in [0, 0.1) is 23.2 Å². The first-order chi connectivity index (χ1) is 13.6. The van der Waals surface area contributed by atoms with Crippen LogP contribution in [0.25, 0.3) is 0 Å². The normalized spacial score (nSPS) is 24.8. The third-order valence-electron chi connectivity index (χ3n) is 5.87. The summed E-state index contributed by atoms with van der Waals surface area (Å²) in [6.07, 6.45) is 3.25. The van der Waals surface area contributed by atoms with E-state index in [2.05, 4.69) is 12.1 Å². The first kappa shape index (κ1) is 19.3. The molecule has 1 amide bonds. The Balaban J connectivity index is 1.79. The summed E-state index contributed by atoms with van der Waals surface area (Å²) >= 11 is 12.4. The second-order valence-electron chi connectivity index (χ2n) is 7.89. The summed E-state index contributed by atoms with van der Waals surface area (Å²) in [5.41, 5.74) is 2.20. The van der Waals surface area contributed by atoms with Crippen LogP contribution < -0.4 is 0 Å². The van der Waals surface area contributed by atoms with E-state index in [0.29, 0.717) is 22.4 Å². The van der Waals surface area contributed by atoms with Crippen molar-refractivity contribution in [1.82, 2.24) is 4.90 Å². The van der Waals surface area contributed by atoms with Crippen LogP contribution in [-0.2, 0) is 4.79 Å². The summed E-state index contributed by atoms with van der Waals surface area (Å²) in [7, 11) is 0. The highest BCUT2D eigenvalue weighted by atomic mass is 35.5. The van der Waals surface area contributed by atoms with Crippen molar-refractivity contribution in [2.24, 2.45) is 11.8 Å². The van der Waals surface area contributed by atoms with Crippen molar-refractivity contribution >= 4 is 29.1 Å². The average molecular weight is 413 g/mol. The molecule has 3 atom stereocenters. The average Bonchev–Trinajstić information content (AvgIpc) is 3.50. The number of likely N-dealkylation sites (tertiary alicyclic amines) is 1. The number of nitrogens with zero attached hydrogens (tertiary/aromatic N) is 2. The Morgan fingerprint density at radius 1 is 1.04 bits per heavy atom. The van der Waals surface area contributed by atoms with Crippen LogP contribution in [0.15, 0.2) is 48.5 Å². The monoisotopic (exact) mass is 412 g/mol. The molecule has 3 unspecified atom stereocenters. The van der Waals surface area contributed by atoms with Crippen molar-refractivity contribution in [2.45, 2.75) is 37.6 Å². The van der Waals surface area contributed by atoms with Gasteiger partial charge < -0.3 is 4.90 Å². The molecule has 4 rings (SSSR count). The van der Waals surface area contributed by atoms with Crippen LogP contribution in [-0.4, -0.2) is 17.4 Å². The number of benzene rings is 2. The number of hydrogen-bond acceptors (Lipinski definition) is 2. The molecule has 2 aromatic rings. The molecule has 0 spiro atoms. The topological polar surface area (TPSA) is 44.1 Å². The van der Waals surface area contributed by atoms with Gasteiger partial charge in [-0.15, -0.1) is 0 Å². The molecule has 1 heterocycles. The molecule has 1 saturated heterocycles. The molecule has 2 fully saturated rings. The van der Waals surface area contributed by atoms with Crippen LogP contribution in [0.2, 0.25) is 10.0 Å². The van der Waals surface area contributed by atoms with Crippen LogP contribution in [0.3, 0.4) is 0 Å². The molecule has 1 aliphatic carbocycles. The Morgan fingerprint density at radius 3 is 2.43 bits per heavy atom. The fraction of sp³-hybridized carbons (Fsp3) is 0.391. The van der Waals surface area contributed by atoms with Gasteiger partial charge in [0.05, 0.1) is 18.0 Å². The fourth-order valence-corrected chi connectivity index (χ4v) is 4.64. The molecule has 0 aromatic heterocycles. The minimum atomic E-state index is -0.267. The Hall–Kier alpha value is -2.02. The van der Waals surface area contributed by atoms with Crippen molar-refractivity contribution in [3.05, 3.63) is 69.7 Å². The van der Waals surface area contributed by atoms with Gasteiger partial charge in [0.15, 0.2) is 0 Å². The summed E-state index contributed by atoms with van der Waals surface area (Å²) in [5.74, 6) is 0.497. The maximum atomic E-state index is 13.3. The van der Waals surface area contributed by atoms with E-state index >= 15 is 0 Å². The van der Waals surface area contributed by atoms with Gasteiger partial charge in [0, 0.05) is 28.9 Å². The molecular weight excluding hydrogens is 391 g/mol. The zero-order chi connectivity index (χ0) is 19.7. The zero-order valence-electron chi connectivity index (χ0n) is 15.5. The van der Waals surface area contributed by atoms with Crippen molar-refractivity contribution in [1.29, 1.82) is 5.26 Å². The second kappa shape index (κ2) is 8.15.